The Bertz CT molecular complexity index is 1310. The van der Waals surface area contributed by atoms with Crippen molar-refractivity contribution in [3.8, 4) is 22.3 Å². The van der Waals surface area contributed by atoms with Crippen LogP contribution in [-0.2, 0) is 0 Å². The van der Waals surface area contributed by atoms with Gasteiger partial charge in [-0.1, -0.05) is 48.5 Å². The third-order valence-electron chi connectivity index (χ3n) is 6.58. The fourth-order valence-electron chi connectivity index (χ4n) is 5.22. The molecule has 2 heteroatoms. The highest BCUT2D eigenvalue weighted by atomic mass is 32.3. The van der Waals surface area contributed by atoms with Crippen LogP contribution in [-0.4, -0.2) is 25.0 Å². The molecule has 2 heterocycles. The molecule has 0 radical (unpaired) electrons. The number of hydrogen-bond acceptors (Lipinski definition) is 0. The summed E-state index contributed by atoms with van der Waals surface area (Å²) in [4.78, 5) is 6.19. The molecule has 0 bridgehead atoms. The van der Waals surface area contributed by atoms with Gasteiger partial charge in [-0.05, 0) is 82.3 Å². The van der Waals surface area contributed by atoms with Crippen LogP contribution in [0.4, 0.5) is 0 Å². The Balaban J connectivity index is 1.74. The zero-order valence-electron chi connectivity index (χ0n) is 16.7. The first-order valence-electron chi connectivity index (χ1n) is 9.67. The molecule has 0 unspecified atom stereocenters. The summed E-state index contributed by atoms with van der Waals surface area (Å²) >= 11 is 0. The van der Waals surface area contributed by atoms with E-state index in [1.54, 1.807) is 9.79 Å². The molecule has 4 aromatic carbocycles. The highest BCUT2D eigenvalue weighted by molar-refractivity contribution is 8.33. The first-order chi connectivity index (χ1) is 13.4. The molecule has 0 fully saturated rings. The topological polar surface area (TPSA) is 0 Å². The van der Waals surface area contributed by atoms with Gasteiger partial charge in [0, 0.05) is 19.6 Å². The van der Waals surface area contributed by atoms with Gasteiger partial charge in [-0.25, -0.2) is 0 Å². The van der Waals surface area contributed by atoms with Crippen LogP contribution >= 0.6 is 20.1 Å². The molecule has 6 rings (SSSR count). The normalized spacial score (nSPS) is 19.4. The minimum absolute atomic E-state index is 0.946. The fourth-order valence-corrected chi connectivity index (χ4v) is 10.6. The second kappa shape index (κ2) is 5.25. The highest BCUT2D eigenvalue weighted by Gasteiger charge is 2.36. The van der Waals surface area contributed by atoms with Gasteiger partial charge < -0.3 is 0 Å². The molecule has 0 aliphatic carbocycles. The Hall–Kier alpha value is -2.16. The third kappa shape index (κ3) is 1.90. The summed E-state index contributed by atoms with van der Waals surface area (Å²) in [6.07, 6.45) is 9.82. The van der Waals surface area contributed by atoms with Crippen molar-refractivity contribution in [2.45, 2.75) is 19.6 Å². The summed E-state index contributed by atoms with van der Waals surface area (Å²) in [6.45, 7) is 0. The summed E-state index contributed by atoms with van der Waals surface area (Å²) < 4.78 is 0. The molecule has 0 saturated carbocycles. The van der Waals surface area contributed by atoms with Crippen molar-refractivity contribution in [2.24, 2.45) is 0 Å². The first kappa shape index (κ1) is 16.8. The minimum atomic E-state index is -1.01. The Morgan fingerprint density at radius 1 is 0.500 bits per heavy atom. The van der Waals surface area contributed by atoms with Crippen LogP contribution in [0.5, 0.6) is 0 Å². The van der Waals surface area contributed by atoms with E-state index in [0.717, 1.165) is 0 Å². The SMILES string of the molecule is CS1(C)c2ccccc2-c2cc3c4c(ccc3cc21)-c1ccccc1S4(C)C. The summed E-state index contributed by atoms with van der Waals surface area (Å²) in [5.74, 6) is 0. The lowest BCUT2D eigenvalue weighted by Gasteiger charge is -2.30. The van der Waals surface area contributed by atoms with E-state index < -0.39 is 20.1 Å². The van der Waals surface area contributed by atoms with E-state index in [2.05, 4.69) is 97.8 Å². The number of hydrogen-bond donors (Lipinski definition) is 0. The molecule has 0 nitrogen and oxygen atoms in total. The standard InChI is InChI=1S/C26H24S2/c1-27(2)23-11-7-6-10-19(23)22-16-21-17(15-25(22)27)13-14-20-18-9-5-8-12-24(18)28(3,4)26(20)21/h5-16H,1-4H3. The van der Waals surface area contributed by atoms with Crippen LogP contribution in [0.3, 0.4) is 0 Å². The fraction of sp³-hybridized carbons (Fsp3) is 0.154. The average molecular weight is 401 g/mol. The first-order valence-corrected chi connectivity index (χ1v) is 14.6. The molecule has 140 valence electrons. The lowest BCUT2D eigenvalue weighted by atomic mass is 9.97. The van der Waals surface area contributed by atoms with Crippen molar-refractivity contribution in [2.75, 3.05) is 25.0 Å². The zero-order chi connectivity index (χ0) is 19.3. The number of fused-ring (bicyclic) bond motifs is 8. The monoisotopic (exact) mass is 400 g/mol. The van der Waals surface area contributed by atoms with Crippen LogP contribution in [0, 0.1) is 0 Å². The lowest BCUT2D eigenvalue weighted by Crippen LogP contribution is -1.95. The second-order valence-electron chi connectivity index (χ2n) is 8.66. The lowest BCUT2D eigenvalue weighted by molar-refractivity contribution is 1.45. The molecule has 0 amide bonds. The van der Waals surface area contributed by atoms with Gasteiger partial charge >= 0.3 is 0 Å². The van der Waals surface area contributed by atoms with Crippen molar-refractivity contribution >= 4 is 30.8 Å². The molecule has 0 N–H and O–H groups in total. The van der Waals surface area contributed by atoms with Crippen molar-refractivity contribution in [1.29, 1.82) is 0 Å². The maximum atomic E-state index is 2.52. The van der Waals surface area contributed by atoms with Crippen molar-refractivity contribution in [1.82, 2.24) is 0 Å². The van der Waals surface area contributed by atoms with E-state index in [1.807, 2.05) is 0 Å². The highest BCUT2D eigenvalue weighted by Crippen LogP contribution is 2.71. The minimum Gasteiger partial charge on any atom is -0.192 e. The maximum absolute atomic E-state index is 2.52. The predicted octanol–water partition coefficient (Wildman–Crippen LogP) is 7.77. The number of rotatable bonds is 0. The van der Waals surface area contributed by atoms with Crippen LogP contribution in [0.15, 0.2) is 92.4 Å². The molecular formula is C26H24S2. The average Bonchev–Trinajstić information content (AvgIpc) is 3.07. The third-order valence-corrected chi connectivity index (χ3v) is 12.4. The summed E-state index contributed by atoms with van der Waals surface area (Å²) in [5, 5.41) is 2.86. The Morgan fingerprint density at radius 3 is 1.82 bits per heavy atom. The largest absolute Gasteiger partial charge is 0.192 e. The molecule has 0 aromatic heterocycles. The van der Waals surface area contributed by atoms with Crippen molar-refractivity contribution in [3.63, 3.8) is 0 Å². The Kier molecular flexibility index (Phi) is 3.15. The molecule has 28 heavy (non-hydrogen) atoms. The quantitative estimate of drug-likeness (QED) is 0.283. The van der Waals surface area contributed by atoms with Gasteiger partial charge in [-0.2, -0.15) is 20.1 Å². The van der Waals surface area contributed by atoms with E-state index in [1.165, 1.54) is 42.8 Å². The van der Waals surface area contributed by atoms with Crippen LogP contribution in [0.2, 0.25) is 0 Å². The van der Waals surface area contributed by atoms with Gasteiger partial charge in [0.15, 0.2) is 0 Å². The van der Waals surface area contributed by atoms with Gasteiger partial charge in [0.2, 0.25) is 0 Å². The smallest absolute Gasteiger partial charge is 0.00944 e. The molecule has 2 aliphatic heterocycles. The van der Waals surface area contributed by atoms with Crippen LogP contribution in [0.1, 0.15) is 0 Å². The van der Waals surface area contributed by atoms with Crippen LogP contribution < -0.4 is 0 Å². The summed E-state index contributed by atoms with van der Waals surface area (Å²) in [7, 11) is -1.95. The van der Waals surface area contributed by atoms with E-state index in [9.17, 15) is 0 Å². The zero-order valence-corrected chi connectivity index (χ0v) is 18.4. The van der Waals surface area contributed by atoms with E-state index in [4.69, 9.17) is 0 Å². The van der Waals surface area contributed by atoms with Crippen molar-refractivity contribution < 1.29 is 0 Å². The van der Waals surface area contributed by atoms with Gasteiger partial charge in [0.25, 0.3) is 0 Å². The Labute approximate surface area is 170 Å². The van der Waals surface area contributed by atoms with E-state index in [-0.39, 0.29) is 0 Å². The van der Waals surface area contributed by atoms with Crippen molar-refractivity contribution in [3.05, 3.63) is 72.8 Å². The number of benzene rings is 4. The van der Waals surface area contributed by atoms with Gasteiger partial charge in [-0.3, -0.25) is 0 Å². The molecule has 0 saturated heterocycles. The van der Waals surface area contributed by atoms with Gasteiger partial charge in [0.1, 0.15) is 0 Å². The van der Waals surface area contributed by atoms with E-state index >= 15 is 0 Å². The molecule has 2 aliphatic rings. The molecule has 0 spiro atoms. The summed E-state index contributed by atoms with van der Waals surface area (Å²) in [6, 6.07) is 27.8. The summed E-state index contributed by atoms with van der Waals surface area (Å²) in [5.41, 5.74) is 5.79. The maximum Gasteiger partial charge on any atom is 0.00944 e. The van der Waals surface area contributed by atoms with E-state index in [0.29, 0.717) is 0 Å². The molecule has 4 aromatic rings. The Morgan fingerprint density at radius 2 is 1.11 bits per heavy atom. The van der Waals surface area contributed by atoms with Crippen LogP contribution in [0.25, 0.3) is 33.0 Å². The molecule has 0 atom stereocenters. The molecular weight excluding hydrogens is 376 g/mol. The second-order valence-corrected chi connectivity index (χ2v) is 15.7. The van der Waals surface area contributed by atoms with Gasteiger partial charge in [-0.15, -0.1) is 0 Å². The predicted molar refractivity (Wildman–Crippen MR) is 127 cm³/mol. The van der Waals surface area contributed by atoms with Gasteiger partial charge in [0.05, 0.1) is 0 Å².